The van der Waals surface area contributed by atoms with Gasteiger partial charge in [0.15, 0.2) is 5.82 Å². The van der Waals surface area contributed by atoms with Crippen LogP contribution in [0.4, 0.5) is 14.7 Å². The number of halogens is 2. The van der Waals surface area contributed by atoms with Gasteiger partial charge < -0.3 is 20.3 Å². The van der Waals surface area contributed by atoms with Crippen molar-refractivity contribution in [3.05, 3.63) is 47.9 Å². The van der Waals surface area contributed by atoms with Gasteiger partial charge in [-0.25, -0.2) is 18.7 Å². The van der Waals surface area contributed by atoms with E-state index in [0.717, 1.165) is 5.57 Å². The summed E-state index contributed by atoms with van der Waals surface area (Å²) in [5.41, 5.74) is 8.09. The second-order valence-electron chi connectivity index (χ2n) is 8.13. The molecule has 1 amide bonds. The molecule has 5 rings (SSSR count). The van der Waals surface area contributed by atoms with Crippen molar-refractivity contribution in [1.82, 2.24) is 24.4 Å². The maximum Gasteiger partial charge on any atom is 0.296 e. The molecular formula is C23H25F2N7O2. The summed E-state index contributed by atoms with van der Waals surface area (Å²) in [5.74, 6) is 0.308. The highest BCUT2D eigenvalue weighted by molar-refractivity contribution is 5.80. The van der Waals surface area contributed by atoms with Crippen molar-refractivity contribution in [2.75, 3.05) is 50.8 Å². The number of nitrogens with two attached hydrogens (primary N) is 1. The monoisotopic (exact) mass is 469 g/mol. The Labute approximate surface area is 194 Å². The number of carbonyl (C=O) groups is 1. The number of anilines is 1. The predicted molar refractivity (Wildman–Crippen MR) is 123 cm³/mol. The number of ether oxygens (including phenoxy) is 1. The molecule has 3 aromatic rings. The van der Waals surface area contributed by atoms with Gasteiger partial charge in [-0.1, -0.05) is 18.2 Å². The highest BCUT2D eigenvalue weighted by atomic mass is 19.3. The Hall–Kier alpha value is -3.44. The highest BCUT2D eigenvalue weighted by Gasteiger charge is 2.25. The lowest BCUT2D eigenvalue weighted by Crippen LogP contribution is -2.39. The van der Waals surface area contributed by atoms with Gasteiger partial charge in [0, 0.05) is 32.2 Å². The summed E-state index contributed by atoms with van der Waals surface area (Å²) < 4.78 is 34.9. The molecule has 1 saturated heterocycles. The highest BCUT2D eigenvalue weighted by Crippen LogP contribution is 2.30. The Morgan fingerprint density at radius 2 is 1.91 bits per heavy atom. The molecule has 0 aliphatic carbocycles. The second-order valence-corrected chi connectivity index (χ2v) is 8.13. The lowest BCUT2D eigenvalue weighted by molar-refractivity contribution is -0.129. The van der Waals surface area contributed by atoms with E-state index in [1.54, 1.807) is 35.2 Å². The van der Waals surface area contributed by atoms with E-state index in [1.807, 2.05) is 11.0 Å². The van der Waals surface area contributed by atoms with Crippen LogP contribution in [0.5, 0.6) is 0 Å². The van der Waals surface area contributed by atoms with Crippen molar-refractivity contribution < 1.29 is 18.3 Å². The SMILES string of the molecule is NCC(=O)N1CC=C(c2cc(-n3c(C(F)F)nc4ccccc43)nc(N3CCOCC3)n2)CC1. The number of fused-ring (bicyclic) bond motifs is 1. The normalized spacial score (nSPS) is 16.9. The fourth-order valence-electron chi connectivity index (χ4n) is 4.30. The smallest absolute Gasteiger partial charge is 0.296 e. The van der Waals surface area contributed by atoms with Gasteiger partial charge in [-0.3, -0.25) is 9.36 Å². The topological polar surface area (TPSA) is 102 Å². The molecule has 34 heavy (non-hydrogen) atoms. The van der Waals surface area contributed by atoms with Crippen LogP contribution in [-0.4, -0.2) is 76.3 Å². The first-order valence-corrected chi connectivity index (χ1v) is 11.2. The molecule has 1 aromatic carbocycles. The summed E-state index contributed by atoms with van der Waals surface area (Å²) in [6, 6.07) is 8.72. The van der Waals surface area contributed by atoms with E-state index in [4.69, 9.17) is 15.5 Å². The van der Waals surface area contributed by atoms with Crippen molar-refractivity contribution in [3.8, 4) is 5.82 Å². The van der Waals surface area contributed by atoms with Gasteiger partial charge >= 0.3 is 0 Å². The van der Waals surface area contributed by atoms with Crippen LogP contribution in [0.2, 0.25) is 0 Å². The van der Waals surface area contributed by atoms with Crippen molar-refractivity contribution in [2.45, 2.75) is 12.8 Å². The summed E-state index contributed by atoms with van der Waals surface area (Å²) in [6.07, 6.45) is -0.258. The van der Waals surface area contributed by atoms with Crippen molar-refractivity contribution in [3.63, 3.8) is 0 Å². The number of imidazole rings is 1. The molecule has 0 radical (unpaired) electrons. The van der Waals surface area contributed by atoms with Gasteiger partial charge in [0.25, 0.3) is 6.43 Å². The zero-order chi connectivity index (χ0) is 23.7. The second kappa shape index (κ2) is 9.43. The molecule has 178 valence electrons. The molecule has 2 N–H and O–H groups in total. The summed E-state index contributed by atoms with van der Waals surface area (Å²) in [6.45, 7) is 3.20. The fourth-order valence-corrected chi connectivity index (χ4v) is 4.30. The number of amides is 1. The number of alkyl halides is 2. The number of aromatic nitrogens is 4. The van der Waals surface area contributed by atoms with Crippen LogP contribution >= 0.6 is 0 Å². The Bertz CT molecular complexity index is 1240. The Kier molecular flexibility index (Phi) is 6.20. The molecule has 0 unspecified atom stereocenters. The number of rotatable bonds is 5. The predicted octanol–water partition coefficient (Wildman–Crippen LogP) is 2.16. The van der Waals surface area contributed by atoms with Gasteiger partial charge in [-0.15, -0.1) is 0 Å². The molecule has 1 fully saturated rings. The maximum atomic E-state index is 14.0. The quantitative estimate of drug-likeness (QED) is 0.611. The first kappa shape index (κ1) is 22.4. The number of nitrogens with zero attached hydrogens (tertiary/aromatic N) is 6. The van der Waals surface area contributed by atoms with E-state index in [1.165, 1.54) is 4.57 Å². The minimum Gasteiger partial charge on any atom is -0.378 e. The third-order valence-electron chi connectivity index (χ3n) is 6.07. The van der Waals surface area contributed by atoms with Crippen LogP contribution in [0.1, 0.15) is 24.4 Å². The van der Waals surface area contributed by atoms with Crippen LogP contribution in [0.3, 0.4) is 0 Å². The van der Waals surface area contributed by atoms with Crippen molar-refractivity contribution in [1.29, 1.82) is 0 Å². The fraction of sp³-hybridized carbons (Fsp3) is 0.391. The van der Waals surface area contributed by atoms with Crippen LogP contribution in [0, 0.1) is 0 Å². The summed E-state index contributed by atoms with van der Waals surface area (Å²) in [4.78, 5) is 29.3. The van der Waals surface area contributed by atoms with Crippen molar-refractivity contribution in [2.24, 2.45) is 5.73 Å². The maximum absolute atomic E-state index is 14.0. The minimum atomic E-state index is -2.78. The average molecular weight is 469 g/mol. The number of carbonyl (C=O) groups excluding carboxylic acids is 1. The zero-order valence-electron chi connectivity index (χ0n) is 18.5. The van der Waals surface area contributed by atoms with Gasteiger partial charge in [0.2, 0.25) is 11.9 Å². The standard InChI is InChI=1S/C23H25F2N7O2/c24-21(25)22-27-16-3-1-2-4-18(16)32(22)19-13-17(15-5-7-30(8-6-15)20(33)14-26)28-23(29-19)31-9-11-34-12-10-31/h1-5,13,21H,6-12,14,26H2. The first-order valence-electron chi connectivity index (χ1n) is 11.2. The van der Waals surface area contributed by atoms with Gasteiger partial charge in [0.05, 0.1) is 36.5 Å². The largest absolute Gasteiger partial charge is 0.378 e. The average Bonchev–Trinajstić information content (AvgIpc) is 3.29. The van der Waals surface area contributed by atoms with Crippen LogP contribution in [0.25, 0.3) is 22.4 Å². The van der Waals surface area contributed by atoms with E-state index in [9.17, 15) is 13.6 Å². The molecule has 0 bridgehead atoms. The lowest BCUT2D eigenvalue weighted by atomic mass is 10.0. The first-order chi connectivity index (χ1) is 16.5. The van der Waals surface area contributed by atoms with Gasteiger partial charge in [-0.2, -0.15) is 4.98 Å². The Morgan fingerprint density at radius 1 is 1.12 bits per heavy atom. The lowest BCUT2D eigenvalue weighted by Gasteiger charge is -2.29. The van der Waals surface area contributed by atoms with Gasteiger partial charge in [-0.05, 0) is 24.1 Å². The zero-order valence-corrected chi connectivity index (χ0v) is 18.5. The summed E-state index contributed by atoms with van der Waals surface area (Å²) in [7, 11) is 0. The third kappa shape index (κ3) is 4.24. The number of hydrogen-bond acceptors (Lipinski definition) is 7. The van der Waals surface area contributed by atoms with E-state index >= 15 is 0 Å². The number of benzene rings is 1. The molecule has 11 heteroatoms. The molecule has 0 saturated carbocycles. The van der Waals surface area contributed by atoms with Crippen LogP contribution < -0.4 is 10.6 Å². The molecule has 2 aromatic heterocycles. The van der Waals surface area contributed by atoms with E-state index in [-0.39, 0.29) is 18.3 Å². The summed E-state index contributed by atoms with van der Waals surface area (Å²) >= 11 is 0. The Morgan fingerprint density at radius 3 is 2.62 bits per heavy atom. The van der Waals surface area contributed by atoms with E-state index < -0.39 is 6.43 Å². The summed E-state index contributed by atoms with van der Waals surface area (Å²) in [5, 5.41) is 0. The molecule has 0 spiro atoms. The van der Waals surface area contributed by atoms with Crippen LogP contribution in [-0.2, 0) is 9.53 Å². The van der Waals surface area contributed by atoms with Crippen molar-refractivity contribution >= 4 is 28.5 Å². The number of para-hydroxylation sites is 2. The Balaban J connectivity index is 1.63. The molecule has 9 nitrogen and oxygen atoms in total. The molecule has 0 atom stereocenters. The number of morpholine rings is 1. The van der Waals surface area contributed by atoms with Gasteiger partial charge in [0.1, 0.15) is 5.82 Å². The molecular weight excluding hydrogens is 444 g/mol. The van der Waals surface area contributed by atoms with E-state index in [0.29, 0.717) is 74.3 Å². The molecule has 4 heterocycles. The third-order valence-corrected chi connectivity index (χ3v) is 6.07. The molecule has 2 aliphatic rings. The van der Waals surface area contributed by atoms with E-state index in [2.05, 4.69) is 9.97 Å². The van der Waals surface area contributed by atoms with Crippen LogP contribution in [0.15, 0.2) is 36.4 Å². The molecule has 2 aliphatic heterocycles. The minimum absolute atomic E-state index is 0.0356. The number of hydrogen-bond donors (Lipinski definition) is 1.